The third-order valence-corrected chi connectivity index (χ3v) is 5.75. The average Bonchev–Trinajstić information content (AvgIpc) is 3.40. The standard InChI is InChI=1S/C22H22F2N4O/c23-16-3-1-15(2-4-16)22-19(28-13-17(24)5-8-20(28)26-22)11-25-10-14-9-21(29)27(12-14)18-6-7-18/h1-5,8,13-14,18,25H,6-7,9-12H2. The number of likely N-dealkylation sites (tertiary alicyclic amines) is 1. The van der Waals surface area contributed by atoms with Gasteiger partial charge in [-0.25, -0.2) is 13.8 Å². The van der Waals surface area contributed by atoms with Crippen molar-refractivity contribution in [3.8, 4) is 11.3 Å². The van der Waals surface area contributed by atoms with Crippen molar-refractivity contribution in [3.63, 3.8) is 0 Å². The first kappa shape index (κ1) is 18.2. The molecule has 3 aromatic rings. The van der Waals surface area contributed by atoms with Crippen molar-refractivity contribution in [2.24, 2.45) is 5.92 Å². The normalized spacial score (nSPS) is 19.4. The fourth-order valence-corrected chi connectivity index (χ4v) is 4.15. The third kappa shape index (κ3) is 3.62. The van der Waals surface area contributed by atoms with E-state index in [0.29, 0.717) is 36.9 Å². The first-order valence-electron chi connectivity index (χ1n) is 10.0. The van der Waals surface area contributed by atoms with Crippen molar-refractivity contribution in [3.05, 3.63) is 59.9 Å². The van der Waals surface area contributed by atoms with Gasteiger partial charge in [-0.15, -0.1) is 0 Å². The van der Waals surface area contributed by atoms with E-state index >= 15 is 0 Å². The number of pyridine rings is 1. The lowest BCUT2D eigenvalue weighted by molar-refractivity contribution is -0.128. The van der Waals surface area contributed by atoms with E-state index in [1.807, 2.05) is 4.90 Å². The van der Waals surface area contributed by atoms with E-state index in [0.717, 1.165) is 30.6 Å². The molecule has 0 radical (unpaired) electrons. The fraction of sp³-hybridized carbons (Fsp3) is 0.364. The first-order valence-corrected chi connectivity index (χ1v) is 10.0. The summed E-state index contributed by atoms with van der Waals surface area (Å²) in [5.41, 5.74) is 2.93. The molecule has 2 fully saturated rings. The summed E-state index contributed by atoms with van der Waals surface area (Å²) in [5.74, 6) is -0.117. The Bertz CT molecular complexity index is 1060. The smallest absolute Gasteiger partial charge is 0.223 e. The van der Waals surface area contributed by atoms with E-state index in [1.165, 1.54) is 24.4 Å². The molecule has 1 saturated carbocycles. The fourth-order valence-electron chi connectivity index (χ4n) is 4.15. The van der Waals surface area contributed by atoms with Crippen molar-refractivity contribution in [1.29, 1.82) is 0 Å². The highest BCUT2D eigenvalue weighted by Gasteiger charge is 2.38. The number of carbonyl (C=O) groups is 1. The Balaban J connectivity index is 1.36. The van der Waals surface area contributed by atoms with Crippen molar-refractivity contribution in [2.45, 2.75) is 31.8 Å². The van der Waals surface area contributed by atoms with Crippen LogP contribution in [0.5, 0.6) is 0 Å². The number of nitrogens with zero attached hydrogens (tertiary/aromatic N) is 3. The molecule has 150 valence electrons. The van der Waals surface area contributed by atoms with Crippen LogP contribution >= 0.6 is 0 Å². The molecule has 2 aliphatic rings. The highest BCUT2D eigenvalue weighted by Crippen LogP contribution is 2.32. The largest absolute Gasteiger partial charge is 0.339 e. The van der Waals surface area contributed by atoms with Crippen LogP contribution in [0, 0.1) is 17.6 Å². The van der Waals surface area contributed by atoms with Crippen LogP contribution in [0.15, 0.2) is 42.6 Å². The summed E-state index contributed by atoms with van der Waals surface area (Å²) in [4.78, 5) is 18.8. The predicted molar refractivity (Wildman–Crippen MR) is 105 cm³/mol. The molecule has 1 atom stereocenters. The molecule has 7 heteroatoms. The van der Waals surface area contributed by atoms with Crippen LogP contribution in [-0.2, 0) is 11.3 Å². The summed E-state index contributed by atoms with van der Waals surface area (Å²) in [6, 6.07) is 9.63. The first-order chi connectivity index (χ1) is 14.1. The highest BCUT2D eigenvalue weighted by molar-refractivity contribution is 5.79. The van der Waals surface area contributed by atoms with Gasteiger partial charge in [-0.1, -0.05) is 0 Å². The molecule has 0 bridgehead atoms. The summed E-state index contributed by atoms with van der Waals surface area (Å²) in [7, 11) is 0. The average molecular weight is 396 g/mol. The second-order valence-corrected chi connectivity index (χ2v) is 7.97. The van der Waals surface area contributed by atoms with Crippen LogP contribution in [-0.4, -0.2) is 39.3 Å². The van der Waals surface area contributed by atoms with Crippen molar-refractivity contribution in [2.75, 3.05) is 13.1 Å². The third-order valence-electron chi connectivity index (χ3n) is 5.75. The number of imidazole rings is 1. The Kier molecular flexibility index (Phi) is 4.54. The summed E-state index contributed by atoms with van der Waals surface area (Å²) in [5, 5.41) is 3.43. The molecule has 5 nitrogen and oxygen atoms in total. The lowest BCUT2D eigenvalue weighted by atomic mass is 10.1. The maximum atomic E-state index is 13.9. The van der Waals surface area contributed by atoms with E-state index < -0.39 is 0 Å². The van der Waals surface area contributed by atoms with E-state index in [2.05, 4.69) is 10.3 Å². The number of aromatic nitrogens is 2. The van der Waals surface area contributed by atoms with Crippen LogP contribution < -0.4 is 5.32 Å². The van der Waals surface area contributed by atoms with Gasteiger partial charge in [-0.05, 0) is 55.2 Å². The molecule has 1 aliphatic carbocycles. The maximum absolute atomic E-state index is 13.9. The Morgan fingerprint density at radius 2 is 1.83 bits per heavy atom. The van der Waals surface area contributed by atoms with Crippen LogP contribution in [0.2, 0.25) is 0 Å². The van der Waals surface area contributed by atoms with Crippen LogP contribution in [0.1, 0.15) is 25.0 Å². The molecule has 2 aromatic heterocycles. The second kappa shape index (κ2) is 7.22. The van der Waals surface area contributed by atoms with E-state index in [4.69, 9.17) is 0 Å². The van der Waals surface area contributed by atoms with E-state index in [9.17, 15) is 13.6 Å². The molecule has 0 spiro atoms. The molecule has 1 saturated heterocycles. The van der Waals surface area contributed by atoms with Gasteiger partial charge in [0, 0.05) is 43.9 Å². The topological polar surface area (TPSA) is 49.6 Å². The zero-order valence-corrected chi connectivity index (χ0v) is 15.9. The molecule has 1 N–H and O–H groups in total. The number of hydrogen-bond donors (Lipinski definition) is 1. The maximum Gasteiger partial charge on any atom is 0.223 e. The molecular formula is C22H22F2N4O. The number of amides is 1. The van der Waals surface area contributed by atoms with Gasteiger partial charge < -0.3 is 10.2 Å². The van der Waals surface area contributed by atoms with Gasteiger partial charge in [0.1, 0.15) is 17.3 Å². The van der Waals surface area contributed by atoms with Gasteiger partial charge in [-0.3, -0.25) is 9.20 Å². The van der Waals surface area contributed by atoms with Gasteiger partial charge in [0.25, 0.3) is 0 Å². The minimum Gasteiger partial charge on any atom is -0.339 e. The lowest BCUT2D eigenvalue weighted by Crippen LogP contribution is -2.29. The zero-order chi connectivity index (χ0) is 20.0. The van der Waals surface area contributed by atoms with Crippen LogP contribution in [0.25, 0.3) is 16.9 Å². The molecule has 5 rings (SSSR count). The number of nitrogens with one attached hydrogen (secondary N) is 1. The van der Waals surface area contributed by atoms with Crippen molar-refractivity contribution in [1.82, 2.24) is 19.6 Å². The minimum atomic E-state index is -0.344. The Morgan fingerprint density at radius 3 is 2.59 bits per heavy atom. The Morgan fingerprint density at radius 1 is 1.07 bits per heavy atom. The Hall–Kier alpha value is -2.80. The molecule has 3 heterocycles. The highest BCUT2D eigenvalue weighted by atomic mass is 19.1. The summed E-state index contributed by atoms with van der Waals surface area (Å²) < 4.78 is 28.9. The number of carbonyl (C=O) groups excluding carboxylic acids is 1. The summed E-state index contributed by atoms with van der Waals surface area (Å²) >= 11 is 0. The SMILES string of the molecule is O=C1CC(CNCc2c(-c3ccc(F)cc3)nc3ccc(F)cn23)CN1C1CC1. The lowest BCUT2D eigenvalue weighted by Gasteiger charge is -2.16. The number of rotatable bonds is 6. The van der Waals surface area contributed by atoms with Gasteiger partial charge >= 0.3 is 0 Å². The molecule has 1 aliphatic heterocycles. The van der Waals surface area contributed by atoms with E-state index in [1.54, 1.807) is 22.6 Å². The zero-order valence-electron chi connectivity index (χ0n) is 15.9. The van der Waals surface area contributed by atoms with Gasteiger partial charge in [0.2, 0.25) is 5.91 Å². The second-order valence-electron chi connectivity index (χ2n) is 7.97. The van der Waals surface area contributed by atoms with Gasteiger partial charge in [0.05, 0.1) is 11.4 Å². The predicted octanol–water partition coefficient (Wildman–Crippen LogP) is 3.38. The molecular weight excluding hydrogens is 374 g/mol. The number of fused-ring (bicyclic) bond motifs is 1. The summed E-state index contributed by atoms with van der Waals surface area (Å²) in [6.45, 7) is 1.99. The van der Waals surface area contributed by atoms with Crippen molar-refractivity contribution >= 4 is 11.6 Å². The molecule has 1 unspecified atom stereocenters. The summed E-state index contributed by atoms with van der Waals surface area (Å²) in [6.07, 6.45) is 4.25. The molecule has 1 amide bonds. The number of halogens is 2. The van der Waals surface area contributed by atoms with Gasteiger partial charge in [-0.2, -0.15) is 0 Å². The van der Waals surface area contributed by atoms with Crippen molar-refractivity contribution < 1.29 is 13.6 Å². The number of benzene rings is 1. The molecule has 29 heavy (non-hydrogen) atoms. The van der Waals surface area contributed by atoms with E-state index in [-0.39, 0.29) is 23.5 Å². The minimum absolute atomic E-state index is 0.253. The van der Waals surface area contributed by atoms with Gasteiger partial charge in [0.15, 0.2) is 0 Å². The monoisotopic (exact) mass is 396 g/mol. The number of hydrogen-bond acceptors (Lipinski definition) is 3. The molecule has 1 aromatic carbocycles. The van der Waals surface area contributed by atoms with Crippen LogP contribution in [0.4, 0.5) is 8.78 Å². The van der Waals surface area contributed by atoms with Crippen LogP contribution in [0.3, 0.4) is 0 Å². The quantitative estimate of drug-likeness (QED) is 0.695. The Labute approximate surface area is 167 Å².